The van der Waals surface area contributed by atoms with Crippen LogP contribution >= 0.6 is 12.2 Å². The summed E-state index contributed by atoms with van der Waals surface area (Å²) in [5, 5.41) is 20.2. The molecule has 1 atom stereocenters. The molecule has 2 aromatic rings. The first kappa shape index (κ1) is 26.4. The first-order valence-electron chi connectivity index (χ1n) is 11.3. The van der Waals surface area contributed by atoms with E-state index in [0.29, 0.717) is 45.2 Å². The van der Waals surface area contributed by atoms with E-state index in [1.807, 2.05) is 0 Å². The molecule has 0 spiro atoms. The zero-order valence-corrected chi connectivity index (χ0v) is 20.9. The number of amides is 1. The number of hydrogen-bond donors (Lipinski definition) is 4. The van der Waals surface area contributed by atoms with Gasteiger partial charge in [-0.25, -0.2) is 10.2 Å². The van der Waals surface area contributed by atoms with Crippen molar-refractivity contribution in [2.45, 2.75) is 26.3 Å². The Morgan fingerprint density at radius 1 is 1.28 bits per heavy atom. The summed E-state index contributed by atoms with van der Waals surface area (Å²) >= 11 is 5.28. The second-order valence-corrected chi connectivity index (χ2v) is 8.20. The molecule has 1 aliphatic heterocycles. The van der Waals surface area contributed by atoms with Crippen LogP contribution in [0, 0.1) is 0 Å². The number of nitrogens with one attached hydrogen (secondary N) is 3. The molecule has 1 heterocycles. The molecule has 0 unspecified atom stereocenters. The summed E-state index contributed by atoms with van der Waals surface area (Å²) in [5.74, 6) is -0.378. The average Bonchev–Trinajstić information content (AvgIpc) is 2.84. The Labute approximate surface area is 214 Å². The van der Waals surface area contributed by atoms with Gasteiger partial charge < -0.3 is 25.2 Å². The number of phenols is 1. The predicted molar refractivity (Wildman–Crippen MR) is 141 cm³/mol. The van der Waals surface area contributed by atoms with Crippen molar-refractivity contribution in [2.75, 3.05) is 13.2 Å². The minimum Gasteiger partial charge on any atom is -0.508 e. The SMILES string of the molecule is C=CCc1cc(C=NNC(=O)COc2ccccc2[C@H]2NC(=S)NC(C)=C2C(=O)OCC)ccc1O. The normalized spacial score (nSPS) is 15.2. The van der Waals surface area contributed by atoms with Gasteiger partial charge in [0.2, 0.25) is 0 Å². The van der Waals surface area contributed by atoms with E-state index in [-0.39, 0.29) is 19.0 Å². The van der Waals surface area contributed by atoms with E-state index in [1.165, 1.54) is 6.21 Å². The highest BCUT2D eigenvalue weighted by Crippen LogP contribution is 2.33. The van der Waals surface area contributed by atoms with Gasteiger partial charge in [0, 0.05) is 11.3 Å². The Balaban J connectivity index is 1.69. The van der Waals surface area contributed by atoms with Crippen LogP contribution in [0.15, 0.2) is 71.5 Å². The minimum atomic E-state index is -0.616. The number of hydrogen-bond acceptors (Lipinski definition) is 7. The van der Waals surface area contributed by atoms with Crippen LogP contribution in [0.1, 0.15) is 36.6 Å². The molecule has 2 aromatic carbocycles. The lowest BCUT2D eigenvalue weighted by Crippen LogP contribution is -2.45. The molecule has 0 aliphatic carbocycles. The lowest BCUT2D eigenvalue weighted by atomic mass is 9.95. The van der Waals surface area contributed by atoms with Gasteiger partial charge in [0.1, 0.15) is 11.5 Å². The highest BCUT2D eigenvalue weighted by Gasteiger charge is 2.32. The molecule has 0 bridgehead atoms. The molecular weight excluding hydrogens is 480 g/mol. The second-order valence-electron chi connectivity index (χ2n) is 7.79. The average molecular weight is 509 g/mol. The summed E-state index contributed by atoms with van der Waals surface area (Å²) in [6, 6.07) is 11.4. The molecular formula is C26H28N4O5S. The van der Waals surface area contributed by atoms with Crippen molar-refractivity contribution in [1.82, 2.24) is 16.1 Å². The molecule has 36 heavy (non-hydrogen) atoms. The number of aromatic hydroxyl groups is 1. The van der Waals surface area contributed by atoms with Crippen LogP contribution in [0.2, 0.25) is 0 Å². The molecule has 0 fully saturated rings. The molecule has 10 heteroatoms. The fourth-order valence-electron chi connectivity index (χ4n) is 3.62. The minimum absolute atomic E-state index is 0.170. The van der Waals surface area contributed by atoms with E-state index < -0.39 is 17.9 Å². The molecule has 0 saturated carbocycles. The molecule has 0 aromatic heterocycles. The predicted octanol–water partition coefficient (Wildman–Crippen LogP) is 3.01. The van der Waals surface area contributed by atoms with Gasteiger partial charge in [-0.15, -0.1) is 6.58 Å². The van der Waals surface area contributed by atoms with Gasteiger partial charge in [-0.3, -0.25) is 4.79 Å². The molecule has 3 rings (SSSR count). The topological polar surface area (TPSA) is 121 Å². The first-order chi connectivity index (χ1) is 17.3. The number of hydrazone groups is 1. The van der Waals surface area contributed by atoms with Gasteiger partial charge in [-0.2, -0.15) is 5.10 Å². The summed E-state index contributed by atoms with van der Waals surface area (Å²) in [6.07, 6.45) is 3.67. The largest absolute Gasteiger partial charge is 0.508 e. The van der Waals surface area contributed by atoms with Crippen molar-refractivity contribution in [3.63, 3.8) is 0 Å². The number of nitrogens with zero attached hydrogens (tertiary/aromatic N) is 1. The van der Waals surface area contributed by atoms with E-state index in [1.54, 1.807) is 62.4 Å². The molecule has 188 valence electrons. The highest BCUT2D eigenvalue weighted by molar-refractivity contribution is 7.80. The Kier molecular flexibility index (Phi) is 9.18. The van der Waals surface area contributed by atoms with Gasteiger partial charge in [0.25, 0.3) is 5.91 Å². The van der Waals surface area contributed by atoms with E-state index in [4.69, 9.17) is 21.7 Å². The quantitative estimate of drug-likeness (QED) is 0.127. The van der Waals surface area contributed by atoms with E-state index in [2.05, 4.69) is 27.7 Å². The van der Waals surface area contributed by atoms with E-state index in [9.17, 15) is 14.7 Å². The number of carbonyl (C=O) groups excluding carboxylic acids is 2. The third-order valence-electron chi connectivity index (χ3n) is 5.22. The van der Waals surface area contributed by atoms with Crippen molar-refractivity contribution >= 4 is 35.4 Å². The summed E-state index contributed by atoms with van der Waals surface area (Å²) in [6.45, 7) is 7.07. The zero-order valence-electron chi connectivity index (χ0n) is 20.0. The number of ether oxygens (including phenoxy) is 2. The van der Waals surface area contributed by atoms with E-state index >= 15 is 0 Å². The molecule has 1 aliphatic rings. The molecule has 1 amide bonds. The van der Waals surface area contributed by atoms with E-state index in [0.717, 1.165) is 0 Å². The van der Waals surface area contributed by atoms with Crippen molar-refractivity contribution in [3.8, 4) is 11.5 Å². The summed E-state index contributed by atoms with van der Waals surface area (Å²) < 4.78 is 11.0. The van der Waals surface area contributed by atoms with Crippen LogP contribution in [0.4, 0.5) is 0 Å². The van der Waals surface area contributed by atoms with Crippen LogP contribution < -0.4 is 20.8 Å². The number of phenolic OH excluding ortho intramolecular Hbond substituents is 1. The maximum atomic E-state index is 12.6. The Hall–Kier alpha value is -4.18. The Morgan fingerprint density at radius 3 is 2.81 bits per heavy atom. The van der Waals surface area contributed by atoms with Gasteiger partial charge in [0.15, 0.2) is 11.7 Å². The first-order valence-corrected chi connectivity index (χ1v) is 11.7. The van der Waals surface area contributed by atoms with Crippen molar-refractivity contribution < 1.29 is 24.2 Å². The van der Waals surface area contributed by atoms with Crippen LogP contribution in [0.5, 0.6) is 11.5 Å². The Morgan fingerprint density at radius 2 is 2.06 bits per heavy atom. The number of benzene rings is 2. The standard InChI is InChI=1S/C26H28N4O5S/c1-4-8-18-13-17(11-12-20(18)31)14-27-30-22(32)15-35-21-10-7-6-9-19(21)24-23(25(33)34-5-2)16(3)28-26(36)29-24/h4,6-7,9-14,24,31H,1,5,8,15H2,2-3H3,(H,30,32)(H2,28,29,36)/t24-/m1/s1. The lowest BCUT2D eigenvalue weighted by molar-refractivity contribution is -0.139. The molecule has 4 N–H and O–H groups in total. The number of carbonyl (C=O) groups is 2. The maximum absolute atomic E-state index is 12.6. The van der Waals surface area contributed by atoms with Gasteiger partial charge >= 0.3 is 5.97 Å². The highest BCUT2D eigenvalue weighted by atomic mass is 32.1. The van der Waals surface area contributed by atoms with Crippen molar-refractivity contribution in [1.29, 1.82) is 0 Å². The van der Waals surface area contributed by atoms with Crippen molar-refractivity contribution in [2.24, 2.45) is 5.10 Å². The Bertz CT molecular complexity index is 1220. The monoisotopic (exact) mass is 508 g/mol. The number of esters is 1. The van der Waals surface area contributed by atoms with Crippen LogP contribution in [0.3, 0.4) is 0 Å². The fourth-order valence-corrected chi connectivity index (χ4v) is 3.89. The number of rotatable bonds is 10. The third-order valence-corrected chi connectivity index (χ3v) is 5.44. The summed E-state index contributed by atoms with van der Waals surface area (Å²) in [7, 11) is 0. The summed E-state index contributed by atoms with van der Waals surface area (Å²) in [5.41, 5.74) is 5.41. The van der Waals surface area contributed by atoms with Crippen LogP contribution in [0.25, 0.3) is 0 Å². The maximum Gasteiger partial charge on any atom is 0.338 e. The number of allylic oxidation sites excluding steroid dienone is 2. The lowest BCUT2D eigenvalue weighted by Gasteiger charge is -2.30. The van der Waals surface area contributed by atoms with Crippen LogP contribution in [-0.2, 0) is 20.7 Å². The van der Waals surface area contributed by atoms with Crippen LogP contribution in [-0.4, -0.2) is 41.5 Å². The third kappa shape index (κ3) is 6.70. The second kappa shape index (κ2) is 12.5. The molecule has 0 saturated heterocycles. The van der Waals surface area contributed by atoms with Gasteiger partial charge in [-0.05, 0) is 67.9 Å². The van der Waals surface area contributed by atoms with Gasteiger partial charge in [-0.1, -0.05) is 24.3 Å². The molecule has 9 nitrogen and oxygen atoms in total. The fraction of sp³-hybridized carbons (Fsp3) is 0.231. The summed E-state index contributed by atoms with van der Waals surface area (Å²) in [4.78, 5) is 25.0. The van der Waals surface area contributed by atoms with Gasteiger partial charge in [0.05, 0.1) is 24.4 Å². The molecule has 0 radical (unpaired) electrons. The number of thiocarbonyl (C=S) groups is 1. The smallest absolute Gasteiger partial charge is 0.338 e. The zero-order chi connectivity index (χ0) is 26.1. The van der Waals surface area contributed by atoms with Crippen molar-refractivity contribution in [3.05, 3.63) is 83.1 Å². The number of para-hydroxylation sites is 1.